The number of rotatable bonds is 3. The topological polar surface area (TPSA) is 0 Å². The second-order valence-electron chi connectivity index (χ2n) is 8.83. The minimum Gasteiger partial charge on any atom is -0.0648 e. The summed E-state index contributed by atoms with van der Waals surface area (Å²) in [7, 11) is 0. The zero-order chi connectivity index (χ0) is 14.8. The Bertz CT molecular complexity index is 301. The second-order valence-corrected chi connectivity index (χ2v) is 8.83. The summed E-state index contributed by atoms with van der Waals surface area (Å²) in [4.78, 5) is 0. The number of hydrogen-bond donors (Lipinski definition) is 0. The van der Waals surface area contributed by atoms with Gasteiger partial charge in [-0.15, -0.1) is 0 Å². The van der Waals surface area contributed by atoms with Crippen LogP contribution in [0.5, 0.6) is 0 Å². The fraction of sp³-hybridized carbons (Fsp3) is 1.00. The van der Waals surface area contributed by atoms with E-state index < -0.39 is 0 Å². The molecule has 1 unspecified atom stereocenters. The van der Waals surface area contributed by atoms with Crippen molar-refractivity contribution in [2.45, 2.75) is 110 Å². The molecule has 3 fully saturated rings. The fourth-order valence-electron chi connectivity index (χ4n) is 6.94. The van der Waals surface area contributed by atoms with Crippen LogP contribution in [0, 0.1) is 22.7 Å². The molecule has 21 heavy (non-hydrogen) atoms. The SMILES string of the molecule is CCC1(C)CCCCC1(C1CCCCC1)C1CCCCC1. The summed E-state index contributed by atoms with van der Waals surface area (Å²) < 4.78 is 0. The normalized spacial score (nSPS) is 35.7. The Kier molecular flexibility index (Phi) is 5.01. The Balaban J connectivity index is 1.95. The first-order chi connectivity index (χ1) is 10.2. The lowest BCUT2D eigenvalue weighted by Crippen LogP contribution is -2.53. The van der Waals surface area contributed by atoms with E-state index in [-0.39, 0.29) is 0 Å². The average molecular weight is 291 g/mol. The summed E-state index contributed by atoms with van der Waals surface area (Å²) in [6.07, 6.45) is 22.9. The molecule has 3 saturated carbocycles. The van der Waals surface area contributed by atoms with Gasteiger partial charge in [-0.25, -0.2) is 0 Å². The van der Waals surface area contributed by atoms with Gasteiger partial charge in [-0.1, -0.05) is 71.6 Å². The first-order valence-corrected chi connectivity index (χ1v) is 10.2. The van der Waals surface area contributed by atoms with Crippen LogP contribution in [-0.4, -0.2) is 0 Å². The highest BCUT2D eigenvalue weighted by atomic mass is 14.6. The van der Waals surface area contributed by atoms with Crippen LogP contribution in [-0.2, 0) is 0 Å². The number of hydrogen-bond acceptors (Lipinski definition) is 0. The molecule has 0 heterocycles. The third-order valence-electron chi connectivity index (χ3n) is 8.14. The second kappa shape index (κ2) is 6.63. The Morgan fingerprint density at radius 3 is 1.62 bits per heavy atom. The maximum absolute atomic E-state index is 2.70. The molecule has 1 atom stereocenters. The lowest BCUT2D eigenvalue weighted by Gasteiger charge is -2.62. The van der Waals surface area contributed by atoms with Gasteiger partial charge in [0.25, 0.3) is 0 Å². The van der Waals surface area contributed by atoms with Gasteiger partial charge in [0.2, 0.25) is 0 Å². The third kappa shape index (κ3) is 2.70. The van der Waals surface area contributed by atoms with Gasteiger partial charge < -0.3 is 0 Å². The van der Waals surface area contributed by atoms with Crippen molar-refractivity contribution in [2.24, 2.45) is 22.7 Å². The Hall–Kier alpha value is 0. The summed E-state index contributed by atoms with van der Waals surface area (Å²) in [5.74, 6) is 2.14. The lowest BCUT2D eigenvalue weighted by atomic mass is 9.43. The van der Waals surface area contributed by atoms with E-state index in [2.05, 4.69) is 13.8 Å². The van der Waals surface area contributed by atoms with Gasteiger partial charge in [-0.2, -0.15) is 0 Å². The Morgan fingerprint density at radius 2 is 1.14 bits per heavy atom. The summed E-state index contributed by atoms with van der Waals surface area (Å²) in [5.41, 5.74) is 1.37. The molecular weight excluding hydrogens is 252 g/mol. The molecule has 0 saturated heterocycles. The molecule has 3 aliphatic rings. The highest BCUT2D eigenvalue weighted by molar-refractivity contribution is 5.05. The van der Waals surface area contributed by atoms with Crippen molar-refractivity contribution < 1.29 is 0 Å². The smallest absolute Gasteiger partial charge is 0.0187 e. The first kappa shape index (κ1) is 15.9. The van der Waals surface area contributed by atoms with Crippen LogP contribution in [0.15, 0.2) is 0 Å². The molecule has 0 aromatic carbocycles. The van der Waals surface area contributed by atoms with E-state index in [0.717, 1.165) is 17.3 Å². The van der Waals surface area contributed by atoms with Gasteiger partial charge in [0.15, 0.2) is 0 Å². The van der Waals surface area contributed by atoms with Crippen LogP contribution < -0.4 is 0 Å². The molecule has 3 aliphatic carbocycles. The molecule has 0 aromatic heterocycles. The van der Waals surface area contributed by atoms with Gasteiger partial charge in [-0.3, -0.25) is 0 Å². The van der Waals surface area contributed by atoms with E-state index >= 15 is 0 Å². The molecule has 0 bridgehead atoms. The molecule has 0 aromatic rings. The van der Waals surface area contributed by atoms with Crippen LogP contribution in [0.1, 0.15) is 110 Å². The van der Waals surface area contributed by atoms with Gasteiger partial charge >= 0.3 is 0 Å². The molecule has 0 heteroatoms. The zero-order valence-corrected chi connectivity index (χ0v) is 14.8. The molecular formula is C21H38. The van der Waals surface area contributed by atoms with Crippen molar-refractivity contribution >= 4 is 0 Å². The van der Waals surface area contributed by atoms with E-state index in [0.29, 0.717) is 5.41 Å². The largest absolute Gasteiger partial charge is 0.0648 e. The molecule has 122 valence electrons. The maximum Gasteiger partial charge on any atom is -0.0187 e. The van der Waals surface area contributed by atoms with E-state index in [1.807, 2.05) is 0 Å². The molecule has 0 N–H and O–H groups in total. The molecule has 0 amide bonds. The average Bonchev–Trinajstić information content (AvgIpc) is 2.57. The van der Waals surface area contributed by atoms with Gasteiger partial charge in [0, 0.05) is 0 Å². The molecule has 3 rings (SSSR count). The van der Waals surface area contributed by atoms with Crippen LogP contribution in [0.4, 0.5) is 0 Å². The summed E-state index contributed by atoms with van der Waals surface area (Å²) >= 11 is 0. The van der Waals surface area contributed by atoms with E-state index in [4.69, 9.17) is 0 Å². The Morgan fingerprint density at radius 1 is 0.667 bits per heavy atom. The summed E-state index contributed by atoms with van der Waals surface area (Å²) in [6, 6.07) is 0. The lowest BCUT2D eigenvalue weighted by molar-refractivity contribution is -0.122. The first-order valence-electron chi connectivity index (χ1n) is 10.2. The van der Waals surface area contributed by atoms with Crippen LogP contribution in [0.3, 0.4) is 0 Å². The minimum absolute atomic E-state index is 0.648. The fourth-order valence-corrected chi connectivity index (χ4v) is 6.94. The van der Waals surface area contributed by atoms with Crippen molar-refractivity contribution in [3.63, 3.8) is 0 Å². The van der Waals surface area contributed by atoms with Crippen molar-refractivity contribution in [2.75, 3.05) is 0 Å². The molecule has 0 aliphatic heterocycles. The van der Waals surface area contributed by atoms with E-state index in [9.17, 15) is 0 Å². The minimum atomic E-state index is 0.648. The van der Waals surface area contributed by atoms with E-state index in [1.54, 1.807) is 32.1 Å². The van der Waals surface area contributed by atoms with Gasteiger partial charge in [0.1, 0.15) is 0 Å². The monoisotopic (exact) mass is 290 g/mol. The van der Waals surface area contributed by atoms with Crippen molar-refractivity contribution in [1.29, 1.82) is 0 Å². The van der Waals surface area contributed by atoms with Crippen molar-refractivity contribution in [3.8, 4) is 0 Å². The van der Waals surface area contributed by atoms with Crippen molar-refractivity contribution in [1.82, 2.24) is 0 Å². The Labute approximate surface area is 133 Å². The van der Waals surface area contributed by atoms with Crippen LogP contribution >= 0.6 is 0 Å². The van der Waals surface area contributed by atoms with Crippen molar-refractivity contribution in [3.05, 3.63) is 0 Å². The molecule has 0 spiro atoms. The highest BCUT2D eigenvalue weighted by Gasteiger charge is 2.56. The molecule has 0 radical (unpaired) electrons. The highest BCUT2D eigenvalue weighted by Crippen LogP contribution is 2.65. The zero-order valence-electron chi connectivity index (χ0n) is 14.8. The maximum atomic E-state index is 2.70. The predicted octanol–water partition coefficient (Wildman–Crippen LogP) is 7.12. The summed E-state index contributed by atoms with van der Waals surface area (Å²) in [5, 5.41) is 0. The van der Waals surface area contributed by atoms with Gasteiger partial charge in [0.05, 0.1) is 0 Å². The summed E-state index contributed by atoms with van der Waals surface area (Å²) in [6.45, 7) is 5.21. The van der Waals surface area contributed by atoms with E-state index in [1.165, 1.54) is 64.2 Å². The standard InChI is InChI=1S/C21H38/c1-3-20(2)16-10-11-17-21(20,18-12-6-4-7-13-18)19-14-8-5-9-15-19/h18-19H,3-17H2,1-2H3. The van der Waals surface area contributed by atoms with Crippen LogP contribution in [0.2, 0.25) is 0 Å². The quantitative estimate of drug-likeness (QED) is 0.519. The third-order valence-corrected chi connectivity index (χ3v) is 8.14. The van der Waals surface area contributed by atoms with Crippen LogP contribution in [0.25, 0.3) is 0 Å². The van der Waals surface area contributed by atoms with Gasteiger partial charge in [-0.05, 0) is 61.2 Å². The molecule has 0 nitrogen and oxygen atoms in total. The predicted molar refractivity (Wildman–Crippen MR) is 92.4 cm³/mol.